The van der Waals surface area contributed by atoms with E-state index in [9.17, 15) is 15.0 Å². The molecule has 2 heterocycles. The second kappa shape index (κ2) is 5.62. The maximum absolute atomic E-state index is 11.3. The van der Waals surface area contributed by atoms with Crippen molar-refractivity contribution >= 4 is 11.9 Å². The SMILES string of the molecule is COC1=N[C@H]2C[C@@H](O)CC3=C2C2(C=C1CC(=O)O)CCCC[C@@H]2O3. The highest BCUT2D eigenvalue weighted by molar-refractivity contribution is 5.98. The van der Waals surface area contributed by atoms with E-state index in [1.54, 1.807) is 0 Å². The molecule has 0 aromatic heterocycles. The lowest BCUT2D eigenvalue weighted by Gasteiger charge is -2.39. The minimum Gasteiger partial charge on any atom is -0.493 e. The Morgan fingerprint density at radius 2 is 2.33 bits per heavy atom. The maximum Gasteiger partial charge on any atom is 0.308 e. The summed E-state index contributed by atoms with van der Waals surface area (Å²) < 4.78 is 11.7. The smallest absolute Gasteiger partial charge is 0.308 e. The first-order valence-electron chi connectivity index (χ1n) is 8.67. The highest BCUT2D eigenvalue weighted by atomic mass is 16.5. The van der Waals surface area contributed by atoms with E-state index in [-0.39, 0.29) is 24.0 Å². The van der Waals surface area contributed by atoms with Gasteiger partial charge in [-0.1, -0.05) is 12.5 Å². The summed E-state index contributed by atoms with van der Waals surface area (Å²) in [6.45, 7) is 0. The Bertz CT molecular complexity index is 664. The van der Waals surface area contributed by atoms with E-state index < -0.39 is 12.1 Å². The number of nitrogens with zero attached hydrogens (tertiary/aromatic N) is 1. The van der Waals surface area contributed by atoms with Gasteiger partial charge in [0.2, 0.25) is 5.90 Å². The van der Waals surface area contributed by atoms with Crippen molar-refractivity contribution in [1.29, 1.82) is 0 Å². The number of hydrogen-bond donors (Lipinski definition) is 2. The summed E-state index contributed by atoms with van der Waals surface area (Å²) in [5.41, 5.74) is 1.50. The van der Waals surface area contributed by atoms with Crippen LogP contribution in [0, 0.1) is 5.41 Å². The average molecular weight is 333 g/mol. The maximum atomic E-state index is 11.3. The van der Waals surface area contributed by atoms with Gasteiger partial charge in [-0.2, -0.15) is 0 Å². The molecule has 1 spiro atoms. The fraction of sp³-hybridized carbons (Fsp3) is 0.667. The Morgan fingerprint density at radius 1 is 1.50 bits per heavy atom. The number of aliphatic hydroxyl groups is 1. The van der Waals surface area contributed by atoms with Crippen molar-refractivity contribution in [2.45, 2.75) is 63.2 Å². The number of aliphatic carboxylic acids is 1. The molecule has 2 aliphatic heterocycles. The summed E-state index contributed by atoms with van der Waals surface area (Å²) in [6.07, 6.45) is 6.67. The van der Waals surface area contributed by atoms with Crippen molar-refractivity contribution in [3.05, 3.63) is 23.0 Å². The largest absolute Gasteiger partial charge is 0.493 e. The van der Waals surface area contributed by atoms with Crippen LogP contribution in [0.25, 0.3) is 0 Å². The first-order valence-corrected chi connectivity index (χ1v) is 8.67. The van der Waals surface area contributed by atoms with Crippen LogP contribution in [-0.4, -0.2) is 47.4 Å². The van der Waals surface area contributed by atoms with E-state index in [0.29, 0.717) is 24.3 Å². The summed E-state index contributed by atoms with van der Waals surface area (Å²) in [5.74, 6) is 0.363. The zero-order valence-electron chi connectivity index (χ0n) is 13.8. The third-order valence-corrected chi connectivity index (χ3v) is 5.73. The number of aliphatic imine (C=N–C) groups is 1. The number of rotatable bonds is 2. The van der Waals surface area contributed by atoms with Gasteiger partial charge in [0.15, 0.2) is 0 Å². The normalized spacial score (nSPS) is 37.5. The number of ether oxygens (including phenoxy) is 2. The van der Waals surface area contributed by atoms with Crippen LogP contribution < -0.4 is 0 Å². The van der Waals surface area contributed by atoms with Gasteiger partial charge in [0, 0.05) is 24.0 Å². The van der Waals surface area contributed by atoms with Gasteiger partial charge in [0.05, 0.1) is 31.1 Å². The number of carboxylic acid groups (broad SMARTS) is 1. The summed E-state index contributed by atoms with van der Waals surface area (Å²) in [6, 6.07) is -0.190. The number of carbonyl (C=O) groups is 1. The zero-order valence-corrected chi connectivity index (χ0v) is 13.8. The number of methoxy groups -OCH3 is 1. The van der Waals surface area contributed by atoms with Gasteiger partial charge in [-0.15, -0.1) is 0 Å². The molecule has 0 radical (unpaired) electrons. The molecule has 0 saturated heterocycles. The molecular formula is C18H23NO5. The predicted octanol–water partition coefficient (Wildman–Crippen LogP) is 2.18. The van der Waals surface area contributed by atoms with E-state index >= 15 is 0 Å². The quantitative estimate of drug-likeness (QED) is 0.808. The van der Waals surface area contributed by atoms with E-state index in [4.69, 9.17) is 14.5 Å². The first-order chi connectivity index (χ1) is 11.5. The van der Waals surface area contributed by atoms with Gasteiger partial charge in [-0.05, 0) is 19.3 Å². The van der Waals surface area contributed by atoms with Crippen molar-refractivity contribution in [1.82, 2.24) is 0 Å². The molecule has 6 nitrogen and oxygen atoms in total. The van der Waals surface area contributed by atoms with Crippen LogP contribution >= 0.6 is 0 Å². The fourth-order valence-corrected chi connectivity index (χ4v) is 4.89. The third kappa shape index (κ3) is 2.27. The van der Waals surface area contributed by atoms with Crippen LogP contribution in [0.5, 0.6) is 0 Å². The topological polar surface area (TPSA) is 88.4 Å². The predicted molar refractivity (Wildman–Crippen MR) is 86.6 cm³/mol. The van der Waals surface area contributed by atoms with Crippen LogP contribution in [0.4, 0.5) is 0 Å². The Kier molecular flexibility index (Phi) is 3.67. The molecule has 24 heavy (non-hydrogen) atoms. The lowest BCUT2D eigenvalue weighted by molar-refractivity contribution is -0.136. The molecular weight excluding hydrogens is 310 g/mol. The second-order valence-electron chi connectivity index (χ2n) is 7.22. The molecule has 4 atom stereocenters. The summed E-state index contributed by atoms with van der Waals surface area (Å²) in [7, 11) is 1.52. The monoisotopic (exact) mass is 333 g/mol. The molecule has 0 aromatic rings. The van der Waals surface area contributed by atoms with Crippen LogP contribution in [0.15, 0.2) is 28.0 Å². The minimum atomic E-state index is -0.896. The van der Waals surface area contributed by atoms with Gasteiger partial charge in [0.25, 0.3) is 0 Å². The number of aliphatic hydroxyl groups excluding tert-OH is 1. The zero-order chi connectivity index (χ0) is 16.9. The lowest BCUT2D eigenvalue weighted by Crippen LogP contribution is -2.39. The molecule has 4 aliphatic rings. The van der Waals surface area contributed by atoms with E-state index in [1.807, 2.05) is 0 Å². The Morgan fingerprint density at radius 3 is 3.08 bits per heavy atom. The second-order valence-corrected chi connectivity index (χ2v) is 7.22. The molecule has 1 fully saturated rings. The highest BCUT2D eigenvalue weighted by Gasteiger charge is 2.55. The molecule has 130 valence electrons. The molecule has 0 amide bonds. The van der Waals surface area contributed by atoms with Gasteiger partial charge in [-0.25, -0.2) is 4.99 Å². The minimum absolute atomic E-state index is 0.0271. The first kappa shape index (κ1) is 15.7. The molecule has 1 unspecified atom stereocenters. The van der Waals surface area contributed by atoms with E-state index in [2.05, 4.69) is 6.08 Å². The summed E-state index contributed by atoms with van der Waals surface area (Å²) in [5, 5.41) is 19.5. The molecule has 6 heteroatoms. The van der Waals surface area contributed by atoms with Crippen molar-refractivity contribution in [2.24, 2.45) is 10.4 Å². The van der Waals surface area contributed by atoms with Crippen molar-refractivity contribution in [2.75, 3.05) is 7.11 Å². The molecule has 0 aromatic carbocycles. The van der Waals surface area contributed by atoms with Crippen LogP contribution in [0.3, 0.4) is 0 Å². The Balaban J connectivity index is 1.89. The molecule has 2 N–H and O–H groups in total. The van der Waals surface area contributed by atoms with Gasteiger partial charge < -0.3 is 19.7 Å². The Hall–Kier alpha value is -1.82. The number of carboxylic acids is 1. The standard InChI is InChI=1S/C18H23NO5/c1-23-17-10(6-15(21)22)9-18-5-3-2-4-14(18)24-13-8-11(20)7-12(19-17)16(13)18/h9,11-12,14,20H,2-8H2,1H3,(H,21,22)/t11-,12+,14+,18?/m1/s1. The lowest BCUT2D eigenvalue weighted by atomic mass is 9.64. The molecule has 2 aliphatic carbocycles. The third-order valence-electron chi connectivity index (χ3n) is 5.73. The molecule has 0 bridgehead atoms. The van der Waals surface area contributed by atoms with Gasteiger partial charge >= 0.3 is 5.97 Å². The van der Waals surface area contributed by atoms with E-state index in [0.717, 1.165) is 37.0 Å². The number of hydrogen-bond acceptors (Lipinski definition) is 5. The van der Waals surface area contributed by atoms with Gasteiger partial charge in [-0.3, -0.25) is 4.79 Å². The van der Waals surface area contributed by atoms with Crippen LogP contribution in [0.2, 0.25) is 0 Å². The van der Waals surface area contributed by atoms with E-state index in [1.165, 1.54) is 7.11 Å². The van der Waals surface area contributed by atoms with Crippen molar-refractivity contribution in [3.8, 4) is 0 Å². The molecule has 4 rings (SSSR count). The highest BCUT2D eigenvalue weighted by Crippen LogP contribution is 2.57. The van der Waals surface area contributed by atoms with Crippen molar-refractivity contribution < 1.29 is 24.5 Å². The summed E-state index contributed by atoms with van der Waals surface area (Å²) >= 11 is 0. The van der Waals surface area contributed by atoms with Gasteiger partial charge in [0.1, 0.15) is 11.9 Å². The van der Waals surface area contributed by atoms with Crippen LogP contribution in [-0.2, 0) is 14.3 Å². The Labute approximate surface area is 140 Å². The van der Waals surface area contributed by atoms with Crippen LogP contribution in [0.1, 0.15) is 44.9 Å². The average Bonchev–Trinajstić information content (AvgIpc) is 2.78. The molecule has 1 saturated carbocycles. The van der Waals surface area contributed by atoms with Crippen molar-refractivity contribution in [3.63, 3.8) is 0 Å². The summed E-state index contributed by atoms with van der Waals surface area (Å²) in [4.78, 5) is 16.0. The fourth-order valence-electron chi connectivity index (χ4n) is 4.89.